The Morgan fingerprint density at radius 1 is 1.12 bits per heavy atom. The van der Waals surface area contributed by atoms with Crippen LogP contribution in [-0.4, -0.2) is 42.0 Å². The first-order valence-corrected chi connectivity index (χ1v) is 6.83. The molecule has 0 unspecified atom stereocenters. The third kappa shape index (κ3) is 2.16. The van der Waals surface area contributed by atoms with E-state index in [0.29, 0.717) is 0 Å². The van der Waals surface area contributed by atoms with Crippen molar-refractivity contribution in [1.29, 1.82) is 0 Å². The van der Waals surface area contributed by atoms with Crippen molar-refractivity contribution in [3.63, 3.8) is 0 Å². The normalized spacial score (nSPS) is 19.9. The van der Waals surface area contributed by atoms with Crippen LogP contribution in [0.2, 0.25) is 0 Å². The molecule has 4 nitrogen and oxygen atoms in total. The standard InChI is InChI=1S/C12H15BrN4/c13-10-4-1-5-11(15-10)17-9-3-8-16-7-2-6-14-12(16)17/h1,4-5H,2-3,6-9H2. The van der Waals surface area contributed by atoms with E-state index in [4.69, 9.17) is 0 Å². The summed E-state index contributed by atoms with van der Waals surface area (Å²) < 4.78 is 0.878. The van der Waals surface area contributed by atoms with Crippen LogP contribution in [0, 0.1) is 0 Å². The average molecular weight is 295 g/mol. The fourth-order valence-corrected chi connectivity index (χ4v) is 2.73. The summed E-state index contributed by atoms with van der Waals surface area (Å²) in [6.45, 7) is 4.21. The molecule has 0 radical (unpaired) electrons. The monoisotopic (exact) mass is 294 g/mol. The van der Waals surface area contributed by atoms with E-state index in [1.165, 1.54) is 12.8 Å². The van der Waals surface area contributed by atoms with Gasteiger partial charge in [-0.3, -0.25) is 9.89 Å². The smallest absolute Gasteiger partial charge is 0.202 e. The van der Waals surface area contributed by atoms with Gasteiger partial charge in [0.05, 0.1) is 0 Å². The number of fused-ring (bicyclic) bond motifs is 1. The van der Waals surface area contributed by atoms with E-state index in [2.05, 4.69) is 35.7 Å². The number of nitrogens with zero attached hydrogens (tertiary/aromatic N) is 4. The lowest BCUT2D eigenvalue weighted by molar-refractivity contribution is 0.359. The molecule has 90 valence electrons. The fourth-order valence-electron chi connectivity index (χ4n) is 2.39. The van der Waals surface area contributed by atoms with Gasteiger partial charge in [-0.05, 0) is 40.9 Å². The lowest BCUT2D eigenvalue weighted by Crippen LogP contribution is -2.52. The molecule has 1 aromatic heterocycles. The van der Waals surface area contributed by atoms with Gasteiger partial charge in [-0.15, -0.1) is 0 Å². The predicted molar refractivity (Wildman–Crippen MR) is 72.4 cm³/mol. The molecule has 0 saturated carbocycles. The molecule has 1 fully saturated rings. The maximum Gasteiger partial charge on any atom is 0.202 e. The second-order valence-electron chi connectivity index (χ2n) is 4.35. The third-order valence-electron chi connectivity index (χ3n) is 3.15. The number of hydrogen-bond donors (Lipinski definition) is 0. The highest BCUT2D eigenvalue weighted by Crippen LogP contribution is 2.21. The summed E-state index contributed by atoms with van der Waals surface area (Å²) in [6.07, 6.45) is 2.34. The van der Waals surface area contributed by atoms with Gasteiger partial charge in [-0.1, -0.05) is 6.07 Å². The van der Waals surface area contributed by atoms with Crippen LogP contribution in [0.3, 0.4) is 0 Å². The molecule has 3 rings (SSSR count). The van der Waals surface area contributed by atoms with Crippen molar-refractivity contribution < 1.29 is 0 Å². The molecule has 2 aliphatic heterocycles. The number of pyridine rings is 1. The summed E-state index contributed by atoms with van der Waals surface area (Å²) in [5, 5.41) is 0. The van der Waals surface area contributed by atoms with Gasteiger partial charge in [0.25, 0.3) is 0 Å². The molecule has 1 aromatic rings. The number of guanidine groups is 1. The second kappa shape index (κ2) is 4.64. The molecule has 0 bridgehead atoms. The van der Waals surface area contributed by atoms with E-state index in [1.54, 1.807) is 0 Å². The van der Waals surface area contributed by atoms with Crippen molar-refractivity contribution in [2.45, 2.75) is 12.8 Å². The Kier molecular flexibility index (Phi) is 3.01. The van der Waals surface area contributed by atoms with E-state index in [0.717, 1.165) is 42.6 Å². The third-order valence-corrected chi connectivity index (χ3v) is 3.59. The van der Waals surface area contributed by atoms with E-state index < -0.39 is 0 Å². The first kappa shape index (κ1) is 11.0. The van der Waals surface area contributed by atoms with Crippen LogP contribution in [0.1, 0.15) is 12.8 Å². The van der Waals surface area contributed by atoms with Crippen LogP contribution in [0.25, 0.3) is 0 Å². The van der Waals surface area contributed by atoms with Gasteiger partial charge >= 0.3 is 0 Å². The van der Waals surface area contributed by atoms with Crippen molar-refractivity contribution in [1.82, 2.24) is 9.88 Å². The highest BCUT2D eigenvalue weighted by Gasteiger charge is 2.27. The van der Waals surface area contributed by atoms with E-state index in [-0.39, 0.29) is 0 Å². The molecule has 3 heterocycles. The second-order valence-corrected chi connectivity index (χ2v) is 5.16. The molecular weight excluding hydrogens is 280 g/mol. The van der Waals surface area contributed by atoms with Gasteiger partial charge < -0.3 is 4.90 Å². The van der Waals surface area contributed by atoms with Crippen LogP contribution >= 0.6 is 15.9 Å². The van der Waals surface area contributed by atoms with Gasteiger partial charge in [-0.25, -0.2) is 4.98 Å². The van der Waals surface area contributed by atoms with Gasteiger partial charge in [-0.2, -0.15) is 0 Å². The molecule has 5 heteroatoms. The largest absolute Gasteiger partial charge is 0.342 e. The molecule has 17 heavy (non-hydrogen) atoms. The number of anilines is 1. The minimum absolute atomic E-state index is 0.878. The minimum Gasteiger partial charge on any atom is -0.342 e. The minimum atomic E-state index is 0.878. The van der Waals surface area contributed by atoms with E-state index in [9.17, 15) is 0 Å². The van der Waals surface area contributed by atoms with Crippen molar-refractivity contribution in [2.75, 3.05) is 31.1 Å². The SMILES string of the molecule is Brc1cccc(N2CCCN3CCCN=C32)n1. The summed E-state index contributed by atoms with van der Waals surface area (Å²) in [5.41, 5.74) is 0. The lowest BCUT2D eigenvalue weighted by atomic mass is 10.2. The van der Waals surface area contributed by atoms with Crippen LogP contribution in [0.15, 0.2) is 27.8 Å². The fraction of sp³-hybridized carbons (Fsp3) is 0.500. The molecule has 0 atom stereocenters. The summed E-state index contributed by atoms with van der Waals surface area (Å²) >= 11 is 3.43. The summed E-state index contributed by atoms with van der Waals surface area (Å²) in [6, 6.07) is 6.02. The quantitative estimate of drug-likeness (QED) is 0.744. The molecular formula is C12H15BrN4. The maximum atomic E-state index is 4.65. The van der Waals surface area contributed by atoms with Crippen molar-refractivity contribution in [2.24, 2.45) is 4.99 Å². The highest BCUT2D eigenvalue weighted by atomic mass is 79.9. The topological polar surface area (TPSA) is 31.7 Å². The Morgan fingerprint density at radius 3 is 2.88 bits per heavy atom. The van der Waals surface area contributed by atoms with Gasteiger partial charge in [0, 0.05) is 26.2 Å². The number of halogens is 1. The van der Waals surface area contributed by atoms with Crippen molar-refractivity contribution >= 4 is 27.7 Å². The van der Waals surface area contributed by atoms with E-state index in [1.807, 2.05) is 18.2 Å². The van der Waals surface area contributed by atoms with Gasteiger partial charge in [0.2, 0.25) is 5.96 Å². The summed E-state index contributed by atoms with van der Waals surface area (Å²) in [5.74, 6) is 2.10. The highest BCUT2D eigenvalue weighted by molar-refractivity contribution is 9.10. The molecule has 0 aromatic carbocycles. The zero-order valence-corrected chi connectivity index (χ0v) is 11.2. The first-order valence-electron chi connectivity index (χ1n) is 6.04. The molecule has 0 spiro atoms. The number of rotatable bonds is 1. The van der Waals surface area contributed by atoms with Gasteiger partial charge in [0.1, 0.15) is 10.4 Å². The molecule has 0 amide bonds. The number of aromatic nitrogens is 1. The zero-order valence-electron chi connectivity index (χ0n) is 9.64. The zero-order chi connectivity index (χ0) is 11.7. The Balaban J connectivity index is 1.93. The van der Waals surface area contributed by atoms with Gasteiger partial charge in [0.15, 0.2) is 0 Å². The first-order chi connectivity index (χ1) is 8.34. The molecule has 2 aliphatic rings. The number of aliphatic imine (C=N–C) groups is 1. The summed E-state index contributed by atoms with van der Waals surface area (Å²) in [7, 11) is 0. The van der Waals surface area contributed by atoms with Crippen molar-refractivity contribution in [3.8, 4) is 0 Å². The van der Waals surface area contributed by atoms with Crippen LogP contribution < -0.4 is 4.90 Å². The molecule has 1 saturated heterocycles. The Morgan fingerprint density at radius 2 is 2.00 bits per heavy atom. The Labute approximate surface area is 109 Å². The number of hydrogen-bond acceptors (Lipinski definition) is 4. The van der Waals surface area contributed by atoms with E-state index >= 15 is 0 Å². The molecule has 0 N–H and O–H groups in total. The maximum absolute atomic E-state index is 4.65. The summed E-state index contributed by atoms with van der Waals surface area (Å²) in [4.78, 5) is 13.8. The van der Waals surface area contributed by atoms with Crippen molar-refractivity contribution in [3.05, 3.63) is 22.8 Å². The predicted octanol–water partition coefficient (Wildman–Crippen LogP) is 2.12. The van der Waals surface area contributed by atoms with Crippen LogP contribution in [0.4, 0.5) is 5.82 Å². The Hall–Kier alpha value is -1.10. The Bertz CT molecular complexity index is 446. The lowest BCUT2D eigenvalue weighted by Gasteiger charge is -2.40. The molecule has 0 aliphatic carbocycles. The van der Waals surface area contributed by atoms with Crippen LogP contribution in [0.5, 0.6) is 0 Å². The average Bonchev–Trinajstić information content (AvgIpc) is 2.38. The van der Waals surface area contributed by atoms with Crippen LogP contribution in [-0.2, 0) is 0 Å².